The summed E-state index contributed by atoms with van der Waals surface area (Å²) in [5, 5.41) is 0. The highest BCUT2D eigenvalue weighted by atomic mass is 79.9. The molecule has 19 heavy (non-hydrogen) atoms. The Hall–Kier alpha value is -0.310. The lowest BCUT2D eigenvalue weighted by molar-refractivity contribution is 0.545. The second kappa shape index (κ2) is 6.92. The van der Waals surface area contributed by atoms with Gasteiger partial charge in [-0.3, -0.25) is 0 Å². The van der Waals surface area contributed by atoms with E-state index in [1.165, 1.54) is 0 Å². The Morgan fingerprint density at radius 1 is 1.53 bits per heavy atom. The maximum atomic E-state index is 13.7. The van der Waals surface area contributed by atoms with Crippen LogP contribution in [0.3, 0.4) is 0 Å². The van der Waals surface area contributed by atoms with Crippen LogP contribution >= 0.6 is 27.7 Å². The molecule has 0 fully saturated rings. The van der Waals surface area contributed by atoms with Crippen molar-refractivity contribution < 1.29 is 12.8 Å². The third kappa shape index (κ3) is 4.62. The van der Waals surface area contributed by atoms with Crippen molar-refractivity contribution in [3.63, 3.8) is 0 Å². The molecule has 0 radical (unpaired) electrons. The van der Waals surface area contributed by atoms with Gasteiger partial charge in [0.1, 0.15) is 10.7 Å². The monoisotopic (exact) mass is 370 g/mol. The summed E-state index contributed by atoms with van der Waals surface area (Å²) in [6.45, 7) is 2.18. The number of nitrogen functional groups attached to an aromatic ring is 1. The van der Waals surface area contributed by atoms with Crippen LogP contribution in [0.1, 0.15) is 6.92 Å². The van der Waals surface area contributed by atoms with Crippen LogP contribution in [0.5, 0.6) is 0 Å². The van der Waals surface area contributed by atoms with E-state index in [2.05, 4.69) is 20.7 Å². The highest BCUT2D eigenvalue weighted by molar-refractivity contribution is 9.10. The summed E-state index contributed by atoms with van der Waals surface area (Å²) in [6, 6.07) is 2.16. The van der Waals surface area contributed by atoms with Crippen LogP contribution < -0.4 is 10.5 Å². The number of halogens is 2. The van der Waals surface area contributed by atoms with Crippen LogP contribution in [0.15, 0.2) is 21.5 Å². The van der Waals surface area contributed by atoms with Gasteiger partial charge in [-0.05, 0) is 46.0 Å². The molecule has 0 aliphatic rings. The second-order valence-corrected chi connectivity index (χ2v) is 7.72. The van der Waals surface area contributed by atoms with Crippen LogP contribution in [0.4, 0.5) is 10.1 Å². The Bertz CT molecular complexity index is 552. The molecule has 0 aromatic heterocycles. The molecular weight excluding hydrogens is 355 g/mol. The van der Waals surface area contributed by atoms with Gasteiger partial charge in [-0.1, -0.05) is 6.92 Å². The molecule has 0 heterocycles. The first-order valence-electron chi connectivity index (χ1n) is 5.51. The third-order valence-corrected chi connectivity index (χ3v) is 5.44. The first-order chi connectivity index (χ1) is 8.77. The Kier molecular flexibility index (Phi) is 6.10. The average Bonchev–Trinajstić information content (AvgIpc) is 2.31. The van der Waals surface area contributed by atoms with Gasteiger partial charge in [0, 0.05) is 16.7 Å². The first kappa shape index (κ1) is 16.7. The summed E-state index contributed by atoms with van der Waals surface area (Å²) in [4.78, 5) is -0.426. The Balaban J connectivity index is 2.92. The average molecular weight is 371 g/mol. The van der Waals surface area contributed by atoms with Crippen LogP contribution in [0.25, 0.3) is 0 Å². The minimum atomic E-state index is -3.88. The van der Waals surface area contributed by atoms with Gasteiger partial charge in [-0.2, -0.15) is 11.8 Å². The first-order valence-corrected chi connectivity index (χ1v) is 9.18. The summed E-state index contributed by atoms with van der Waals surface area (Å²) in [7, 11) is -3.88. The van der Waals surface area contributed by atoms with Crippen molar-refractivity contribution in [3.05, 3.63) is 22.4 Å². The number of nitrogens with one attached hydrogen (secondary N) is 1. The van der Waals surface area contributed by atoms with Crippen molar-refractivity contribution in [3.8, 4) is 0 Å². The van der Waals surface area contributed by atoms with E-state index < -0.39 is 20.7 Å². The molecule has 1 rings (SSSR count). The van der Waals surface area contributed by atoms with Crippen molar-refractivity contribution in [2.45, 2.75) is 11.8 Å². The molecule has 108 valence electrons. The molecule has 0 amide bonds. The standard InChI is InChI=1S/C11H16BrFN2O2S2/c1-7(6-18-2)5-15-19(16,17)11-4-10(14)8(12)3-9(11)13/h3-4,7,15H,5-6,14H2,1-2H3. The van der Waals surface area contributed by atoms with E-state index in [1.807, 2.05) is 13.2 Å². The molecule has 0 bridgehead atoms. The zero-order chi connectivity index (χ0) is 14.6. The SMILES string of the molecule is CSCC(C)CNS(=O)(=O)c1cc(N)c(Br)cc1F. The molecule has 0 saturated heterocycles. The molecule has 4 nitrogen and oxygen atoms in total. The molecule has 0 saturated carbocycles. The number of sulfonamides is 1. The summed E-state index contributed by atoms with van der Waals surface area (Å²) < 4.78 is 40.4. The molecule has 1 unspecified atom stereocenters. The van der Waals surface area contributed by atoms with Gasteiger partial charge >= 0.3 is 0 Å². The van der Waals surface area contributed by atoms with Crippen molar-refractivity contribution in [2.75, 3.05) is 24.3 Å². The minimum absolute atomic E-state index is 0.167. The fraction of sp³-hybridized carbons (Fsp3) is 0.455. The maximum absolute atomic E-state index is 13.7. The summed E-state index contributed by atoms with van der Waals surface area (Å²) >= 11 is 4.68. The van der Waals surface area contributed by atoms with Crippen LogP contribution in [0.2, 0.25) is 0 Å². The molecule has 0 spiro atoms. The van der Waals surface area contributed by atoms with Gasteiger partial charge in [0.05, 0.1) is 0 Å². The van der Waals surface area contributed by atoms with Gasteiger partial charge in [0.15, 0.2) is 0 Å². The van der Waals surface area contributed by atoms with Crippen molar-refractivity contribution >= 4 is 43.4 Å². The number of benzene rings is 1. The summed E-state index contributed by atoms with van der Waals surface area (Å²) in [5.74, 6) is 0.166. The van der Waals surface area contributed by atoms with E-state index in [-0.39, 0.29) is 18.2 Å². The maximum Gasteiger partial charge on any atom is 0.243 e. The largest absolute Gasteiger partial charge is 0.398 e. The van der Waals surface area contributed by atoms with E-state index in [4.69, 9.17) is 5.73 Å². The van der Waals surface area contributed by atoms with E-state index >= 15 is 0 Å². The molecular formula is C11H16BrFN2O2S2. The minimum Gasteiger partial charge on any atom is -0.398 e. The van der Waals surface area contributed by atoms with Gasteiger partial charge in [-0.25, -0.2) is 17.5 Å². The normalized spacial score (nSPS) is 13.5. The lowest BCUT2D eigenvalue weighted by Crippen LogP contribution is -2.30. The van der Waals surface area contributed by atoms with Crippen molar-refractivity contribution in [2.24, 2.45) is 5.92 Å². The van der Waals surface area contributed by atoms with Crippen molar-refractivity contribution in [1.82, 2.24) is 4.72 Å². The molecule has 1 aromatic carbocycles. The number of nitrogens with two attached hydrogens (primary N) is 1. The molecule has 8 heteroatoms. The predicted molar refractivity (Wildman–Crippen MR) is 81.2 cm³/mol. The number of hydrogen-bond donors (Lipinski definition) is 2. The molecule has 1 aromatic rings. The van der Waals surface area contributed by atoms with Gasteiger partial charge in [0.2, 0.25) is 10.0 Å². The fourth-order valence-electron chi connectivity index (χ4n) is 1.42. The zero-order valence-electron chi connectivity index (χ0n) is 10.6. The Morgan fingerprint density at radius 2 is 2.16 bits per heavy atom. The molecule has 1 atom stereocenters. The van der Waals surface area contributed by atoms with Crippen LogP contribution in [0, 0.1) is 11.7 Å². The lowest BCUT2D eigenvalue weighted by atomic mass is 10.2. The fourth-order valence-corrected chi connectivity index (χ4v) is 3.68. The van der Waals surface area contributed by atoms with Gasteiger partial charge in [0.25, 0.3) is 0 Å². The Labute approximate surface area is 125 Å². The molecule has 3 N–H and O–H groups in total. The van der Waals surface area contributed by atoms with E-state index in [9.17, 15) is 12.8 Å². The third-order valence-electron chi connectivity index (χ3n) is 2.41. The van der Waals surface area contributed by atoms with Crippen molar-refractivity contribution in [1.29, 1.82) is 0 Å². The van der Waals surface area contributed by atoms with Crippen LogP contribution in [-0.2, 0) is 10.0 Å². The van der Waals surface area contributed by atoms with Gasteiger partial charge < -0.3 is 5.73 Å². The van der Waals surface area contributed by atoms with E-state index in [0.29, 0.717) is 4.47 Å². The topological polar surface area (TPSA) is 72.2 Å². The predicted octanol–water partition coefficient (Wildman–Crippen LogP) is 2.45. The second-order valence-electron chi connectivity index (χ2n) is 4.22. The zero-order valence-corrected chi connectivity index (χ0v) is 13.8. The van der Waals surface area contributed by atoms with E-state index in [1.54, 1.807) is 11.8 Å². The number of hydrogen-bond acceptors (Lipinski definition) is 4. The lowest BCUT2D eigenvalue weighted by Gasteiger charge is -2.13. The Morgan fingerprint density at radius 3 is 2.74 bits per heavy atom. The smallest absolute Gasteiger partial charge is 0.243 e. The summed E-state index contributed by atoms with van der Waals surface area (Å²) in [6.07, 6.45) is 1.94. The molecule has 0 aliphatic heterocycles. The number of thioether (sulfide) groups is 1. The number of anilines is 1. The number of rotatable bonds is 6. The quantitative estimate of drug-likeness (QED) is 0.754. The highest BCUT2D eigenvalue weighted by Crippen LogP contribution is 2.26. The highest BCUT2D eigenvalue weighted by Gasteiger charge is 2.21. The van der Waals surface area contributed by atoms with E-state index in [0.717, 1.165) is 17.9 Å². The summed E-state index contributed by atoms with van der Waals surface area (Å²) in [5.41, 5.74) is 5.76. The van der Waals surface area contributed by atoms with Gasteiger partial charge in [-0.15, -0.1) is 0 Å². The molecule has 0 aliphatic carbocycles. The van der Waals surface area contributed by atoms with Crippen LogP contribution in [-0.4, -0.2) is 27.0 Å².